The van der Waals surface area contributed by atoms with Gasteiger partial charge in [0.15, 0.2) is 11.0 Å². The normalized spacial score (nSPS) is 10.8. The molecule has 0 atom stereocenters. The molecule has 0 aliphatic heterocycles. The Kier molecular flexibility index (Phi) is 6.70. The minimum atomic E-state index is -0.104. The number of anilines is 1. The number of nitrogens with one attached hydrogen (secondary N) is 1. The first-order valence-electron chi connectivity index (χ1n) is 7.89. The van der Waals surface area contributed by atoms with Gasteiger partial charge < -0.3 is 9.88 Å². The zero-order valence-corrected chi connectivity index (χ0v) is 17.7. The molecule has 27 heavy (non-hydrogen) atoms. The molecule has 140 valence electrons. The lowest BCUT2D eigenvalue weighted by Gasteiger charge is -2.07. The Labute approximate surface area is 175 Å². The van der Waals surface area contributed by atoms with Crippen LogP contribution in [0.1, 0.15) is 0 Å². The van der Waals surface area contributed by atoms with Crippen LogP contribution in [0.3, 0.4) is 0 Å². The highest BCUT2D eigenvalue weighted by molar-refractivity contribution is 7.99. The summed E-state index contributed by atoms with van der Waals surface area (Å²) in [5, 5.41) is 12.9. The molecule has 0 spiro atoms. The third kappa shape index (κ3) is 4.99. The van der Waals surface area contributed by atoms with Gasteiger partial charge in [0.05, 0.1) is 10.8 Å². The molecule has 0 fully saturated rings. The first kappa shape index (κ1) is 20.1. The Balaban J connectivity index is 1.66. The molecule has 0 aliphatic rings. The Morgan fingerprint density at radius 1 is 1.19 bits per heavy atom. The largest absolute Gasteiger partial charge is 0.325 e. The van der Waals surface area contributed by atoms with Crippen molar-refractivity contribution in [3.05, 3.63) is 52.5 Å². The molecule has 0 radical (unpaired) electrons. The minimum Gasteiger partial charge on any atom is -0.325 e. The number of nitrogens with zero attached hydrogens (tertiary/aromatic N) is 3. The fraction of sp³-hybridized carbons (Fsp3) is 0.167. The molecule has 0 bridgehead atoms. The zero-order valence-electron chi connectivity index (χ0n) is 14.6. The van der Waals surface area contributed by atoms with Crippen LogP contribution in [-0.2, 0) is 11.8 Å². The number of benzene rings is 2. The van der Waals surface area contributed by atoms with E-state index in [0.29, 0.717) is 21.0 Å². The van der Waals surface area contributed by atoms with Crippen molar-refractivity contribution in [1.82, 2.24) is 14.8 Å². The van der Waals surface area contributed by atoms with E-state index in [2.05, 4.69) is 15.5 Å². The average molecular weight is 439 g/mol. The maximum atomic E-state index is 12.2. The summed E-state index contributed by atoms with van der Waals surface area (Å²) in [6.07, 6.45) is 2.00. The molecule has 5 nitrogen and oxygen atoms in total. The molecule has 0 saturated carbocycles. The molecule has 9 heteroatoms. The van der Waals surface area contributed by atoms with Crippen molar-refractivity contribution in [2.24, 2.45) is 7.05 Å². The van der Waals surface area contributed by atoms with E-state index in [1.54, 1.807) is 34.5 Å². The number of carbonyl (C=O) groups is 1. The van der Waals surface area contributed by atoms with Gasteiger partial charge in [-0.15, -0.1) is 22.0 Å². The van der Waals surface area contributed by atoms with Gasteiger partial charge in [0.1, 0.15) is 0 Å². The smallest absolute Gasteiger partial charge is 0.234 e. The molecule has 1 aromatic heterocycles. The Morgan fingerprint density at radius 2 is 2.00 bits per heavy atom. The third-order valence-electron chi connectivity index (χ3n) is 3.69. The quantitative estimate of drug-likeness (QED) is 0.533. The van der Waals surface area contributed by atoms with Crippen molar-refractivity contribution in [2.45, 2.75) is 10.1 Å². The van der Waals surface area contributed by atoms with Crippen molar-refractivity contribution in [2.75, 3.05) is 17.3 Å². The second-order valence-corrected chi connectivity index (χ2v) is 8.22. The standard InChI is InChI=1S/C18H16Cl2N4OS2/c1-24-17(14-7-6-11(19)8-15(14)20)22-23-18(24)27-10-16(25)21-12-4-3-5-13(9-12)26-2/h3-9H,10H2,1-2H3,(H,21,25). The van der Waals surface area contributed by atoms with E-state index in [4.69, 9.17) is 23.2 Å². The summed E-state index contributed by atoms with van der Waals surface area (Å²) in [4.78, 5) is 13.3. The number of amides is 1. The average Bonchev–Trinajstić information content (AvgIpc) is 3.01. The number of aromatic nitrogens is 3. The Morgan fingerprint density at radius 3 is 2.74 bits per heavy atom. The monoisotopic (exact) mass is 438 g/mol. The molecule has 1 heterocycles. The Hall–Kier alpha value is -1.67. The lowest BCUT2D eigenvalue weighted by atomic mass is 10.2. The van der Waals surface area contributed by atoms with E-state index < -0.39 is 0 Å². The zero-order chi connectivity index (χ0) is 19.4. The molecular formula is C18H16Cl2N4OS2. The van der Waals surface area contributed by atoms with Crippen LogP contribution in [0, 0.1) is 0 Å². The van der Waals surface area contributed by atoms with Crippen molar-refractivity contribution in [3.63, 3.8) is 0 Å². The van der Waals surface area contributed by atoms with Gasteiger partial charge in [-0.3, -0.25) is 4.79 Å². The predicted octanol–water partition coefficient (Wildman–Crippen LogP) is 5.24. The van der Waals surface area contributed by atoms with Crippen LogP contribution in [0.15, 0.2) is 52.5 Å². The van der Waals surface area contributed by atoms with Crippen molar-refractivity contribution >= 4 is 58.3 Å². The van der Waals surface area contributed by atoms with Crippen LogP contribution in [0.5, 0.6) is 0 Å². The van der Waals surface area contributed by atoms with Crippen molar-refractivity contribution < 1.29 is 4.79 Å². The molecule has 3 rings (SSSR count). The number of halogens is 2. The van der Waals surface area contributed by atoms with E-state index in [1.807, 2.05) is 37.6 Å². The van der Waals surface area contributed by atoms with Crippen LogP contribution in [0.2, 0.25) is 10.0 Å². The van der Waals surface area contributed by atoms with Crippen LogP contribution in [0.4, 0.5) is 5.69 Å². The Bertz CT molecular complexity index is 978. The first-order chi connectivity index (χ1) is 13.0. The number of hydrogen-bond acceptors (Lipinski definition) is 5. The molecule has 0 saturated heterocycles. The summed E-state index contributed by atoms with van der Waals surface area (Å²) in [6.45, 7) is 0. The molecule has 1 N–H and O–H groups in total. The summed E-state index contributed by atoms with van der Waals surface area (Å²) in [6, 6.07) is 12.9. The summed E-state index contributed by atoms with van der Waals surface area (Å²) < 4.78 is 1.81. The summed E-state index contributed by atoms with van der Waals surface area (Å²) in [5.74, 6) is 0.740. The minimum absolute atomic E-state index is 0.104. The molecule has 3 aromatic rings. The highest BCUT2D eigenvalue weighted by Gasteiger charge is 2.15. The van der Waals surface area contributed by atoms with Gasteiger partial charge in [0.25, 0.3) is 0 Å². The number of rotatable bonds is 6. The van der Waals surface area contributed by atoms with Crippen LogP contribution >= 0.6 is 46.7 Å². The lowest BCUT2D eigenvalue weighted by molar-refractivity contribution is -0.113. The van der Waals surface area contributed by atoms with Crippen molar-refractivity contribution in [1.29, 1.82) is 0 Å². The molecule has 0 unspecified atom stereocenters. The number of thioether (sulfide) groups is 2. The maximum absolute atomic E-state index is 12.2. The van der Waals surface area contributed by atoms with Gasteiger partial charge in [-0.1, -0.05) is 41.0 Å². The number of hydrogen-bond donors (Lipinski definition) is 1. The summed E-state index contributed by atoms with van der Waals surface area (Å²) in [5.41, 5.74) is 1.51. The van der Waals surface area contributed by atoms with E-state index in [0.717, 1.165) is 16.1 Å². The first-order valence-corrected chi connectivity index (χ1v) is 10.9. The van der Waals surface area contributed by atoms with Gasteiger partial charge in [0, 0.05) is 28.2 Å². The van der Waals surface area contributed by atoms with Gasteiger partial charge in [0.2, 0.25) is 5.91 Å². The van der Waals surface area contributed by atoms with E-state index in [-0.39, 0.29) is 11.7 Å². The van der Waals surface area contributed by atoms with Gasteiger partial charge in [-0.2, -0.15) is 0 Å². The molecule has 1 amide bonds. The molecule has 2 aromatic carbocycles. The van der Waals surface area contributed by atoms with E-state index >= 15 is 0 Å². The van der Waals surface area contributed by atoms with Gasteiger partial charge in [-0.05, 0) is 42.7 Å². The maximum Gasteiger partial charge on any atom is 0.234 e. The lowest BCUT2D eigenvalue weighted by Crippen LogP contribution is -2.14. The second kappa shape index (κ2) is 9.01. The third-order valence-corrected chi connectivity index (χ3v) is 5.99. The van der Waals surface area contributed by atoms with E-state index in [9.17, 15) is 4.79 Å². The topological polar surface area (TPSA) is 59.8 Å². The number of carbonyl (C=O) groups excluding carboxylic acids is 1. The fourth-order valence-electron chi connectivity index (χ4n) is 2.37. The molecule has 0 aliphatic carbocycles. The predicted molar refractivity (Wildman–Crippen MR) is 114 cm³/mol. The highest BCUT2D eigenvalue weighted by Crippen LogP contribution is 2.30. The summed E-state index contributed by atoms with van der Waals surface area (Å²) in [7, 11) is 1.84. The van der Waals surface area contributed by atoms with Crippen molar-refractivity contribution in [3.8, 4) is 11.4 Å². The van der Waals surface area contributed by atoms with Crippen LogP contribution in [-0.4, -0.2) is 32.7 Å². The van der Waals surface area contributed by atoms with E-state index in [1.165, 1.54) is 11.8 Å². The SMILES string of the molecule is CSc1cccc(NC(=O)CSc2nnc(-c3ccc(Cl)cc3Cl)n2C)c1. The van der Waals surface area contributed by atoms with Gasteiger partial charge >= 0.3 is 0 Å². The molecular weight excluding hydrogens is 423 g/mol. The van der Waals surface area contributed by atoms with Crippen LogP contribution in [0.25, 0.3) is 11.4 Å². The second-order valence-electron chi connectivity index (χ2n) is 5.56. The van der Waals surface area contributed by atoms with Gasteiger partial charge in [-0.25, -0.2) is 0 Å². The fourth-order valence-corrected chi connectivity index (χ4v) is 4.04. The highest BCUT2D eigenvalue weighted by atomic mass is 35.5. The van der Waals surface area contributed by atoms with Crippen LogP contribution < -0.4 is 5.32 Å². The summed E-state index contributed by atoms with van der Waals surface area (Å²) >= 11 is 15.1.